The lowest BCUT2D eigenvalue weighted by Crippen LogP contribution is -2.01. The van der Waals surface area contributed by atoms with E-state index in [2.05, 4.69) is 4.98 Å². The molecule has 0 unspecified atom stereocenters. The average molecular weight is 244 g/mol. The second-order valence-corrected chi connectivity index (χ2v) is 4.80. The number of hydrogen-bond donors (Lipinski definition) is 1. The van der Waals surface area contributed by atoms with Crippen LogP contribution in [-0.4, -0.2) is 4.98 Å². The quantitative estimate of drug-likeness (QED) is 0.814. The highest BCUT2D eigenvalue weighted by atomic mass is 19.1. The first kappa shape index (κ1) is 12.6. The lowest BCUT2D eigenvalue weighted by Gasteiger charge is -2.15. The van der Waals surface area contributed by atoms with Crippen LogP contribution in [0.15, 0.2) is 30.6 Å². The molecule has 2 aromatic rings. The molecular formula is C15H17FN2. The predicted molar refractivity (Wildman–Crippen MR) is 72.9 cm³/mol. The van der Waals surface area contributed by atoms with E-state index >= 15 is 0 Å². The Hall–Kier alpha value is -1.90. The van der Waals surface area contributed by atoms with Crippen molar-refractivity contribution in [1.82, 2.24) is 4.98 Å². The van der Waals surface area contributed by atoms with Crippen molar-refractivity contribution in [3.63, 3.8) is 0 Å². The van der Waals surface area contributed by atoms with E-state index in [1.807, 2.05) is 26.8 Å². The van der Waals surface area contributed by atoms with Gasteiger partial charge in [-0.1, -0.05) is 13.8 Å². The molecule has 1 heterocycles. The summed E-state index contributed by atoms with van der Waals surface area (Å²) in [5.74, 6) is -0.0671. The summed E-state index contributed by atoms with van der Waals surface area (Å²) in [6.07, 6.45) is 3.45. The van der Waals surface area contributed by atoms with Gasteiger partial charge in [-0.3, -0.25) is 4.98 Å². The van der Waals surface area contributed by atoms with Gasteiger partial charge in [0, 0.05) is 29.2 Å². The number of nitrogens with zero attached hydrogens (tertiary/aromatic N) is 1. The van der Waals surface area contributed by atoms with E-state index in [9.17, 15) is 4.39 Å². The third-order valence-corrected chi connectivity index (χ3v) is 3.13. The standard InChI is InChI=1S/C15H17FN2/c1-9(2)12-6-11(16)7-13(15(12)17)14-8-18-5-4-10(14)3/h4-9H,17H2,1-3H3. The first-order chi connectivity index (χ1) is 8.50. The minimum absolute atomic E-state index is 0.191. The second-order valence-electron chi connectivity index (χ2n) is 4.80. The molecule has 0 saturated carbocycles. The number of hydrogen-bond acceptors (Lipinski definition) is 2. The van der Waals surface area contributed by atoms with Gasteiger partial charge in [0.05, 0.1) is 0 Å². The lowest BCUT2D eigenvalue weighted by atomic mass is 9.93. The molecule has 0 bridgehead atoms. The van der Waals surface area contributed by atoms with E-state index in [1.165, 1.54) is 12.1 Å². The lowest BCUT2D eigenvalue weighted by molar-refractivity contribution is 0.624. The highest BCUT2D eigenvalue weighted by molar-refractivity contribution is 5.80. The van der Waals surface area contributed by atoms with E-state index in [0.717, 1.165) is 22.3 Å². The van der Waals surface area contributed by atoms with Crippen molar-refractivity contribution in [2.24, 2.45) is 0 Å². The molecule has 0 spiro atoms. The van der Waals surface area contributed by atoms with Crippen LogP contribution >= 0.6 is 0 Å². The van der Waals surface area contributed by atoms with Crippen LogP contribution in [0.25, 0.3) is 11.1 Å². The van der Waals surface area contributed by atoms with Crippen LogP contribution in [0.2, 0.25) is 0 Å². The molecule has 1 aromatic heterocycles. The Bertz CT molecular complexity index is 577. The Morgan fingerprint density at radius 3 is 2.56 bits per heavy atom. The Balaban J connectivity index is 2.69. The minimum Gasteiger partial charge on any atom is -0.398 e. The molecule has 2 nitrogen and oxygen atoms in total. The number of nitrogens with two attached hydrogens (primary N) is 1. The number of aryl methyl sites for hydroxylation is 1. The van der Waals surface area contributed by atoms with E-state index in [1.54, 1.807) is 12.4 Å². The SMILES string of the molecule is Cc1ccncc1-c1cc(F)cc(C(C)C)c1N. The first-order valence-electron chi connectivity index (χ1n) is 6.00. The molecule has 18 heavy (non-hydrogen) atoms. The molecule has 2 rings (SSSR count). The average Bonchev–Trinajstić information content (AvgIpc) is 2.32. The van der Waals surface area contributed by atoms with Crippen molar-refractivity contribution in [2.75, 3.05) is 5.73 Å². The van der Waals surface area contributed by atoms with Gasteiger partial charge in [-0.05, 0) is 42.2 Å². The molecular weight excluding hydrogens is 227 g/mol. The fourth-order valence-electron chi connectivity index (χ4n) is 2.09. The molecule has 94 valence electrons. The Kier molecular flexibility index (Phi) is 3.32. The number of rotatable bonds is 2. The van der Waals surface area contributed by atoms with Crippen LogP contribution in [0.5, 0.6) is 0 Å². The van der Waals surface area contributed by atoms with Crippen LogP contribution in [0.1, 0.15) is 30.9 Å². The molecule has 0 aliphatic carbocycles. The predicted octanol–water partition coefficient (Wildman–Crippen LogP) is 3.90. The van der Waals surface area contributed by atoms with Gasteiger partial charge in [-0.15, -0.1) is 0 Å². The number of pyridine rings is 1. The van der Waals surface area contributed by atoms with Crippen LogP contribution in [0, 0.1) is 12.7 Å². The molecule has 0 amide bonds. The minimum atomic E-state index is -0.258. The Morgan fingerprint density at radius 2 is 1.94 bits per heavy atom. The van der Waals surface area contributed by atoms with Gasteiger partial charge >= 0.3 is 0 Å². The largest absolute Gasteiger partial charge is 0.398 e. The molecule has 0 fully saturated rings. The highest BCUT2D eigenvalue weighted by Crippen LogP contribution is 2.34. The molecule has 0 aliphatic heterocycles. The van der Waals surface area contributed by atoms with Gasteiger partial charge in [0.15, 0.2) is 0 Å². The van der Waals surface area contributed by atoms with E-state index < -0.39 is 0 Å². The number of anilines is 1. The topological polar surface area (TPSA) is 38.9 Å². The molecule has 2 N–H and O–H groups in total. The van der Waals surface area contributed by atoms with Gasteiger partial charge in [-0.25, -0.2) is 4.39 Å². The smallest absolute Gasteiger partial charge is 0.124 e. The van der Waals surface area contributed by atoms with Crippen molar-refractivity contribution >= 4 is 5.69 Å². The van der Waals surface area contributed by atoms with Gasteiger partial charge in [0.1, 0.15) is 5.82 Å². The van der Waals surface area contributed by atoms with Crippen molar-refractivity contribution in [3.05, 3.63) is 47.5 Å². The van der Waals surface area contributed by atoms with Crippen molar-refractivity contribution < 1.29 is 4.39 Å². The molecule has 0 radical (unpaired) electrons. The summed E-state index contributed by atoms with van der Waals surface area (Å²) >= 11 is 0. The molecule has 0 aliphatic rings. The molecule has 3 heteroatoms. The highest BCUT2D eigenvalue weighted by Gasteiger charge is 2.14. The second kappa shape index (κ2) is 4.77. The fourth-order valence-corrected chi connectivity index (χ4v) is 2.09. The summed E-state index contributed by atoms with van der Waals surface area (Å²) in [5, 5.41) is 0. The molecule has 0 saturated heterocycles. The van der Waals surface area contributed by atoms with Gasteiger partial charge < -0.3 is 5.73 Å². The van der Waals surface area contributed by atoms with Crippen molar-refractivity contribution in [2.45, 2.75) is 26.7 Å². The van der Waals surface area contributed by atoms with Crippen LogP contribution in [0.3, 0.4) is 0 Å². The monoisotopic (exact) mass is 244 g/mol. The van der Waals surface area contributed by atoms with Crippen molar-refractivity contribution in [3.8, 4) is 11.1 Å². The van der Waals surface area contributed by atoms with E-state index in [0.29, 0.717) is 5.69 Å². The van der Waals surface area contributed by atoms with Gasteiger partial charge in [-0.2, -0.15) is 0 Å². The summed E-state index contributed by atoms with van der Waals surface area (Å²) < 4.78 is 13.7. The summed E-state index contributed by atoms with van der Waals surface area (Å²) in [5.41, 5.74) is 10.3. The number of nitrogen functional groups attached to an aromatic ring is 1. The van der Waals surface area contributed by atoms with Crippen LogP contribution < -0.4 is 5.73 Å². The number of benzene rings is 1. The van der Waals surface area contributed by atoms with Crippen LogP contribution in [0.4, 0.5) is 10.1 Å². The zero-order valence-corrected chi connectivity index (χ0v) is 10.9. The molecule has 0 atom stereocenters. The number of halogens is 1. The normalized spacial score (nSPS) is 10.9. The summed E-state index contributed by atoms with van der Waals surface area (Å²) in [6, 6.07) is 4.88. The maximum Gasteiger partial charge on any atom is 0.124 e. The zero-order chi connectivity index (χ0) is 13.3. The van der Waals surface area contributed by atoms with Gasteiger partial charge in [0.25, 0.3) is 0 Å². The number of aromatic nitrogens is 1. The fraction of sp³-hybridized carbons (Fsp3) is 0.267. The zero-order valence-electron chi connectivity index (χ0n) is 10.9. The summed E-state index contributed by atoms with van der Waals surface area (Å²) in [4.78, 5) is 4.09. The Labute approximate surface area is 107 Å². The Morgan fingerprint density at radius 1 is 1.22 bits per heavy atom. The summed E-state index contributed by atoms with van der Waals surface area (Å²) in [7, 11) is 0. The first-order valence-corrected chi connectivity index (χ1v) is 6.00. The van der Waals surface area contributed by atoms with Gasteiger partial charge in [0.2, 0.25) is 0 Å². The summed E-state index contributed by atoms with van der Waals surface area (Å²) in [6.45, 7) is 5.98. The van der Waals surface area contributed by atoms with E-state index in [4.69, 9.17) is 5.73 Å². The van der Waals surface area contributed by atoms with E-state index in [-0.39, 0.29) is 11.7 Å². The third kappa shape index (κ3) is 2.21. The maximum atomic E-state index is 13.7. The third-order valence-electron chi connectivity index (χ3n) is 3.13. The molecule has 1 aromatic carbocycles. The van der Waals surface area contributed by atoms with Crippen LogP contribution in [-0.2, 0) is 0 Å². The van der Waals surface area contributed by atoms with Crippen molar-refractivity contribution in [1.29, 1.82) is 0 Å². The maximum absolute atomic E-state index is 13.7.